The molecular weight excluding hydrogens is 210 g/mol. The van der Waals surface area contributed by atoms with Gasteiger partial charge in [0, 0.05) is 13.1 Å². The minimum absolute atomic E-state index is 0.0906. The number of hydrogen-bond donors (Lipinski definition) is 2. The minimum Gasteiger partial charge on any atom is -0.378 e. The van der Waals surface area contributed by atoms with Crippen LogP contribution in [0.1, 0.15) is 18.8 Å². The molecule has 2 amide bonds. The molecule has 0 saturated carbocycles. The van der Waals surface area contributed by atoms with Crippen molar-refractivity contribution < 1.29 is 9.53 Å². The second-order valence-electron chi connectivity index (χ2n) is 3.64. The minimum atomic E-state index is -0.169. The molecule has 2 heterocycles. The number of hydrogen-bond acceptors (Lipinski definition) is 4. The summed E-state index contributed by atoms with van der Waals surface area (Å²) in [6.45, 7) is 4.33. The molecule has 7 heteroatoms. The lowest BCUT2D eigenvalue weighted by atomic mass is 10.3. The van der Waals surface area contributed by atoms with Crippen LogP contribution in [0.25, 0.3) is 0 Å². The molecule has 7 nitrogen and oxygen atoms in total. The zero-order valence-electron chi connectivity index (χ0n) is 9.14. The lowest BCUT2D eigenvalue weighted by Crippen LogP contribution is -2.46. The summed E-state index contributed by atoms with van der Waals surface area (Å²) in [5.74, 6) is 0.654. The number of rotatable bonds is 2. The molecule has 0 radical (unpaired) electrons. The number of ether oxygens (including phenoxy) is 1. The van der Waals surface area contributed by atoms with Crippen molar-refractivity contribution >= 4 is 6.03 Å². The summed E-state index contributed by atoms with van der Waals surface area (Å²) in [5, 5.41) is 9.32. The lowest BCUT2D eigenvalue weighted by Gasteiger charge is -2.28. The van der Waals surface area contributed by atoms with Crippen molar-refractivity contribution in [1.82, 2.24) is 25.4 Å². The summed E-state index contributed by atoms with van der Waals surface area (Å²) in [4.78, 5) is 17.5. The maximum Gasteiger partial charge on any atom is 0.318 e. The Hall–Kier alpha value is -1.63. The van der Waals surface area contributed by atoms with Crippen molar-refractivity contribution in [2.24, 2.45) is 0 Å². The molecule has 1 aliphatic heterocycles. The van der Waals surface area contributed by atoms with E-state index in [4.69, 9.17) is 4.74 Å². The molecule has 1 fully saturated rings. The Labute approximate surface area is 93.2 Å². The SMILES string of the molecule is CC(NC(=O)N1CCOCC1)c1ncn[nH]1. The summed E-state index contributed by atoms with van der Waals surface area (Å²) < 4.78 is 5.18. The fourth-order valence-corrected chi connectivity index (χ4v) is 1.53. The van der Waals surface area contributed by atoms with Gasteiger partial charge in [0.25, 0.3) is 0 Å². The standard InChI is InChI=1S/C9H15N5O2/c1-7(8-10-6-11-13-8)12-9(15)14-2-4-16-5-3-14/h6-7H,2-5H2,1H3,(H,12,15)(H,10,11,13). The van der Waals surface area contributed by atoms with Crippen molar-refractivity contribution in [2.45, 2.75) is 13.0 Å². The van der Waals surface area contributed by atoms with Crippen LogP contribution in [0.15, 0.2) is 6.33 Å². The first-order chi connectivity index (χ1) is 7.77. The average Bonchev–Trinajstić information content (AvgIpc) is 2.83. The molecule has 1 unspecified atom stereocenters. The predicted octanol–water partition coefficient (Wildman–Crippen LogP) is -0.0925. The maximum atomic E-state index is 11.8. The fourth-order valence-electron chi connectivity index (χ4n) is 1.53. The van der Waals surface area contributed by atoms with Crippen molar-refractivity contribution in [3.05, 3.63) is 12.2 Å². The number of carbonyl (C=O) groups is 1. The largest absolute Gasteiger partial charge is 0.378 e. The predicted molar refractivity (Wildman–Crippen MR) is 55.7 cm³/mol. The third-order valence-electron chi connectivity index (χ3n) is 2.48. The highest BCUT2D eigenvalue weighted by molar-refractivity contribution is 5.74. The number of nitrogens with zero attached hydrogens (tertiary/aromatic N) is 3. The third-order valence-corrected chi connectivity index (χ3v) is 2.48. The zero-order chi connectivity index (χ0) is 11.4. The Morgan fingerprint density at radius 3 is 3.00 bits per heavy atom. The molecule has 2 rings (SSSR count). The number of H-pyrrole nitrogens is 1. The molecular formula is C9H15N5O2. The molecule has 1 aromatic rings. The Morgan fingerprint density at radius 2 is 2.38 bits per heavy atom. The van der Waals surface area contributed by atoms with Gasteiger partial charge in [0.1, 0.15) is 12.2 Å². The normalized spacial score (nSPS) is 18.2. The van der Waals surface area contributed by atoms with Crippen molar-refractivity contribution in [3.8, 4) is 0 Å². The van der Waals surface area contributed by atoms with E-state index in [-0.39, 0.29) is 12.1 Å². The van der Waals surface area contributed by atoms with Gasteiger partial charge in [-0.1, -0.05) is 0 Å². The topological polar surface area (TPSA) is 83.1 Å². The number of amides is 2. The van der Waals surface area contributed by atoms with Gasteiger partial charge >= 0.3 is 6.03 Å². The van der Waals surface area contributed by atoms with Crippen molar-refractivity contribution in [1.29, 1.82) is 0 Å². The van der Waals surface area contributed by atoms with Gasteiger partial charge in [0.15, 0.2) is 0 Å². The maximum absolute atomic E-state index is 11.8. The van der Waals surface area contributed by atoms with Crippen LogP contribution in [-0.4, -0.2) is 52.4 Å². The van der Waals surface area contributed by atoms with Crippen LogP contribution < -0.4 is 5.32 Å². The Kier molecular flexibility index (Phi) is 3.35. The van der Waals surface area contributed by atoms with Crippen LogP contribution in [0.3, 0.4) is 0 Å². The molecule has 16 heavy (non-hydrogen) atoms. The van der Waals surface area contributed by atoms with Crippen molar-refractivity contribution in [3.63, 3.8) is 0 Å². The average molecular weight is 225 g/mol. The van der Waals surface area contributed by atoms with E-state index >= 15 is 0 Å². The Bertz CT molecular complexity index is 334. The molecule has 2 N–H and O–H groups in total. The van der Waals surface area contributed by atoms with Crippen LogP contribution in [0.4, 0.5) is 4.79 Å². The quantitative estimate of drug-likeness (QED) is 0.736. The molecule has 1 saturated heterocycles. The van der Waals surface area contributed by atoms with Crippen LogP contribution in [0.2, 0.25) is 0 Å². The Morgan fingerprint density at radius 1 is 1.62 bits per heavy atom. The molecule has 0 spiro atoms. The number of morpholine rings is 1. The highest BCUT2D eigenvalue weighted by Gasteiger charge is 2.19. The van der Waals surface area contributed by atoms with E-state index in [1.54, 1.807) is 4.90 Å². The van der Waals surface area contributed by atoms with Gasteiger partial charge < -0.3 is 15.0 Å². The fraction of sp³-hybridized carbons (Fsp3) is 0.667. The summed E-state index contributed by atoms with van der Waals surface area (Å²) in [7, 11) is 0. The molecule has 1 aromatic heterocycles. The second kappa shape index (κ2) is 4.93. The molecule has 0 bridgehead atoms. The van der Waals surface area contributed by atoms with E-state index < -0.39 is 0 Å². The number of carbonyl (C=O) groups excluding carboxylic acids is 1. The van der Waals surface area contributed by atoms with Gasteiger partial charge in [-0.2, -0.15) is 5.10 Å². The molecule has 1 aliphatic rings. The van der Waals surface area contributed by atoms with E-state index in [0.717, 1.165) is 0 Å². The Balaban J connectivity index is 1.86. The number of urea groups is 1. The van der Waals surface area contributed by atoms with Gasteiger partial charge in [0.2, 0.25) is 0 Å². The van der Waals surface area contributed by atoms with E-state index in [2.05, 4.69) is 20.5 Å². The molecule has 0 aromatic carbocycles. The number of aromatic nitrogens is 3. The first-order valence-electron chi connectivity index (χ1n) is 5.26. The number of nitrogens with one attached hydrogen (secondary N) is 2. The van der Waals surface area contributed by atoms with Crippen molar-refractivity contribution in [2.75, 3.05) is 26.3 Å². The summed E-state index contributed by atoms with van der Waals surface area (Å²) >= 11 is 0. The summed E-state index contributed by atoms with van der Waals surface area (Å²) in [6, 6.07) is -0.259. The third kappa shape index (κ3) is 2.48. The van der Waals surface area contributed by atoms with Crippen LogP contribution in [-0.2, 0) is 4.74 Å². The monoisotopic (exact) mass is 225 g/mol. The van der Waals surface area contributed by atoms with E-state index in [1.165, 1.54) is 6.33 Å². The van der Waals surface area contributed by atoms with Gasteiger partial charge in [-0.25, -0.2) is 9.78 Å². The van der Waals surface area contributed by atoms with E-state index in [9.17, 15) is 4.79 Å². The van der Waals surface area contributed by atoms with E-state index in [1.807, 2.05) is 6.92 Å². The van der Waals surface area contributed by atoms with Gasteiger partial charge in [0.05, 0.1) is 19.3 Å². The van der Waals surface area contributed by atoms with E-state index in [0.29, 0.717) is 32.1 Å². The van der Waals surface area contributed by atoms with Gasteiger partial charge in [-0.05, 0) is 6.92 Å². The van der Waals surface area contributed by atoms with Crippen LogP contribution in [0, 0.1) is 0 Å². The first-order valence-corrected chi connectivity index (χ1v) is 5.26. The zero-order valence-corrected chi connectivity index (χ0v) is 9.14. The number of aromatic amines is 1. The highest BCUT2D eigenvalue weighted by Crippen LogP contribution is 2.06. The van der Waals surface area contributed by atoms with Crippen LogP contribution >= 0.6 is 0 Å². The van der Waals surface area contributed by atoms with Gasteiger partial charge in [-0.3, -0.25) is 5.10 Å². The first kappa shape index (κ1) is 10.9. The smallest absolute Gasteiger partial charge is 0.318 e. The molecule has 1 atom stereocenters. The van der Waals surface area contributed by atoms with Gasteiger partial charge in [-0.15, -0.1) is 0 Å². The molecule has 88 valence electrons. The van der Waals surface area contributed by atoms with Crippen LogP contribution in [0.5, 0.6) is 0 Å². The summed E-state index contributed by atoms with van der Waals surface area (Å²) in [6.07, 6.45) is 1.42. The second-order valence-corrected chi connectivity index (χ2v) is 3.64. The highest BCUT2D eigenvalue weighted by atomic mass is 16.5. The molecule has 0 aliphatic carbocycles. The summed E-state index contributed by atoms with van der Waals surface area (Å²) in [5.41, 5.74) is 0. The lowest BCUT2D eigenvalue weighted by molar-refractivity contribution is 0.0525.